The molecule has 6 heteroatoms. The molecule has 1 saturated heterocycles. The van der Waals surface area contributed by atoms with E-state index in [-0.39, 0.29) is 5.41 Å². The van der Waals surface area contributed by atoms with Gasteiger partial charge in [-0.1, -0.05) is 36.6 Å². The van der Waals surface area contributed by atoms with Crippen LogP contribution in [0.4, 0.5) is 11.5 Å². The minimum absolute atomic E-state index is 0.104. The van der Waals surface area contributed by atoms with Gasteiger partial charge >= 0.3 is 0 Å². The van der Waals surface area contributed by atoms with Crippen LogP contribution in [0, 0.1) is 0 Å². The van der Waals surface area contributed by atoms with Crippen molar-refractivity contribution in [1.82, 2.24) is 10.3 Å². The predicted molar refractivity (Wildman–Crippen MR) is 126 cm³/mol. The van der Waals surface area contributed by atoms with Crippen LogP contribution in [0.3, 0.4) is 0 Å². The van der Waals surface area contributed by atoms with Crippen LogP contribution in [0.15, 0.2) is 42.6 Å². The second kappa shape index (κ2) is 9.31. The van der Waals surface area contributed by atoms with Crippen molar-refractivity contribution in [2.75, 3.05) is 29.9 Å². The summed E-state index contributed by atoms with van der Waals surface area (Å²) in [7, 11) is 0. The van der Waals surface area contributed by atoms with Crippen molar-refractivity contribution in [3.8, 4) is 0 Å². The van der Waals surface area contributed by atoms with Gasteiger partial charge < -0.3 is 15.5 Å². The lowest BCUT2D eigenvalue weighted by Gasteiger charge is -2.31. The summed E-state index contributed by atoms with van der Waals surface area (Å²) in [6, 6.07) is 12.4. The summed E-state index contributed by atoms with van der Waals surface area (Å²) < 4.78 is 0. The lowest BCUT2D eigenvalue weighted by molar-refractivity contribution is 0.435. The monoisotopic (exact) mass is 428 g/mol. The number of hydrogen-bond acceptors (Lipinski definition) is 3. The van der Waals surface area contributed by atoms with Gasteiger partial charge in [0.25, 0.3) is 0 Å². The zero-order valence-electron chi connectivity index (χ0n) is 16.8. The van der Waals surface area contributed by atoms with Gasteiger partial charge in [0.1, 0.15) is 5.82 Å². The van der Waals surface area contributed by atoms with Gasteiger partial charge in [0.05, 0.1) is 11.9 Å². The van der Waals surface area contributed by atoms with E-state index in [1.807, 2.05) is 18.3 Å². The van der Waals surface area contributed by atoms with Crippen molar-refractivity contribution < 1.29 is 0 Å². The quantitative estimate of drug-likeness (QED) is 0.613. The predicted octanol–water partition coefficient (Wildman–Crippen LogP) is 5.52. The highest BCUT2D eigenvalue weighted by Gasteiger charge is 2.35. The maximum absolute atomic E-state index is 6.26. The maximum Gasteiger partial charge on any atom is 0.170 e. The van der Waals surface area contributed by atoms with Crippen LogP contribution < -0.4 is 15.5 Å². The Kier molecular flexibility index (Phi) is 6.56. The Bertz CT molecular complexity index is 827. The molecule has 0 amide bonds. The Morgan fingerprint density at radius 3 is 2.55 bits per heavy atom. The molecular formula is C23H29ClN4S. The lowest BCUT2D eigenvalue weighted by atomic mass is 9.79. The molecule has 0 unspecified atom stereocenters. The smallest absolute Gasteiger partial charge is 0.170 e. The highest BCUT2D eigenvalue weighted by molar-refractivity contribution is 7.80. The molecule has 1 aliphatic heterocycles. The third-order valence-electron chi connectivity index (χ3n) is 6.27. The number of anilines is 2. The standard InChI is InChI=1S/C23H29ClN4S/c24-19-8-6-7-18(15-19)23(11-2-3-12-23)17-26-22(29)27-20-9-10-21(25-16-20)28-13-4-1-5-14-28/h6-10,15-16H,1-5,11-14,17H2,(H2,26,27,29). The van der Waals surface area contributed by atoms with Crippen LogP contribution in [0.5, 0.6) is 0 Å². The number of piperidine rings is 1. The van der Waals surface area contributed by atoms with Crippen molar-refractivity contribution in [1.29, 1.82) is 0 Å². The molecule has 154 valence electrons. The molecule has 0 bridgehead atoms. The topological polar surface area (TPSA) is 40.2 Å². The van der Waals surface area contributed by atoms with E-state index in [1.165, 1.54) is 37.7 Å². The molecule has 1 aliphatic carbocycles. The molecule has 4 rings (SSSR count). The average molecular weight is 429 g/mol. The Morgan fingerprint density at radius 2 is 1.86 bits per heavy atom. The molecule has 4 nitrogen and oxygen atoms in total. The Balaban J connectivity index is 1.35. The van der Waals surface area contributed by atoms with E-state index >= 15 is 0 Å². The number of pyridine rings is 1. The Morgan fingerprint density at radius 1 is 1.07 bits per heavy atom. The van der Waals surface area contributed by atoms with Crippen molar-refractivity contribution >= 4 is 40.4 Å². The van der Waals surface area contributed by atoms with Gasteiger partial charge in [0.2, 0.25) is 0 Å². The second-order valence-corrected chi connectivity index (χ2v) is 9.10. The first-order valence-electron chi connectivity index (χ1n) is 10.7. The van der Waals surface area contributed by atoms with E-state index in [0.29, 0.717) is 5.11 Å². The first-order chi connectivity index (χ1) is 14.1. The first kappa shape index (κ1) is 20.4. The number of benzene rings is 1. The molecule has 2 aliphatic rings. The molecule has 29 heavy (non-hydrogen) atoms. The third-order valence-corrected chi connectivity index (χ3v) is 6.75. The molecule has 0 spiro atoms. The van der Waals surface area contributed by atoms with Crippen LogP contribution in [0.2, 0.25) is 5.02 Å². The molecule has 0 radical (unpaired) electrons. The van der Waals surface area contributed by atoms with Crippen LogP contribution in [0.25, 0.3) is 0 Å². The number of nitrogens with one attached hydrogen (secondary N) is 2. The first-order valence-corrected chi connectivity index (χ1v) is 11.5. The summed E-state index contributed by atoms with van der Waals surface area (Å²) in [6.07, 6.45) is 10.5. The average Bonchev–Trinajstić information content (AvgIpc) is 3.24. The third kappa shape index (κ3) is 5.01. The molecule has 1 aromatic heterocycles. The van der Waals surface area contributed by atoms with Crippen LogP contribution in [-0.4, -0.2) is 29.7 Å². The molecule has 0 atom stereocenters. The van der Waals surface area contributed by atoms with Gasteiger partial charge in [-0.15, -0.1) is 0 Å². The van der Waals surface area contributed by atoms with Gasteiger partial charge in [-0.3, -0.25) is 0 Å². The van der Waals surface area contributed by atoms with E-state index in [4.69, 9.17) is 23.8 Å². The van der Waals surface area contributed by atoms with E-state index in [2.05, 4.69) is 44.8 Å². The summed E-state index contributed by atoms with van der Waals surface area (Å²) in [4.78, 5) is 6.99. The summed E-state index contributed by atoms with van der Waals surface area (Å²) in [6.45, 7) is 3.02. The SMILES string of the molecule is S=C(NCC1(c2cccc(Cl)c2)CCCC1)Nc1ccc(N2CCCCC2)nc1. The van der Waals surface area contributed by atoms with Gasteiger partial charge in [-0.2, -0.15) is 0 Å². The van der Waals surface area contributed by atoms with Gasteiger partial charge in [-0.25, -0.2) is 4.98 Å². The highest BCUT2D eigenvalue weighted by Crippen LogP contribution is 2.41. The molecule has 2 aromatic rings. The van der Waals surface area contributed by atoms with Crippen LogP contribution in [0.1, 0.15) is 50.5 Å². The number of nitrogens with zero attached hydrogens (tertiary/aromatic N) is 2. The summed E-state index contributed by atoms with van der Waals surface area (Å²) in [5.74, 6) is 1.06. The molecule has 1 saturated carbocycles. The summed E-state index contributed by atoms with van der Waals surface area (Å²) in [5, 5.41) is 8.18. The number of rotatable bonds is 5. The van der Waals surface area contributed by atoms with Crippen LogP contribution >= 0.6 is 23.8 Å². The zero-order chi connectivity index (χ0) is 20.1. The normalized spacial score (nSPS) is 18.4. The van der Waals surface area contributed by atoms with Crippen molar-refractivity contribution in [3.63, 3.8) is 0 Å². The zero-order valence-corrected chi connectivity index (χ0v) is 18.4. The largest absolute Gasteiger partial charge is 0.362 e. The highest BCUT2D eigenvalue weighted by atomic mass is 35.5. The van der Waals surface area contributed by atoms with Gasteiger partial charge in [0.15, 0.2) is 5.11 Å². The fourth-order valence-corrected chi connectivity index (χ4v) is 5.01. The Hall–Kier alpha value is -1.85. The summed E-state index contributed by atoms with van der Waals surface area (Å²) in [5.41, 5.74) is 2.34. The van der Waals surface area contributed by atoms with E-state index in [0.717, 1.165) is 49.0 Å². The van der Waals surface area contributed by atoms with Crippen molar-refractivity contribution in [3.05, 3.63) is 53.2 Å². The van der Waals surface area contributed by atoms with Crippen molar-refractivity contribution in [2.24, 2.45) is 0 Å². The van der Waals surface area contributed by atoms with E-state index in [9.17, 15) is 0 Å². The van der Waals surface area contributed by atoms with Gasteiger partial charge in [0, 0.05) is 30.1 Å². The molecule has 1 aromatic carbocycles. The lowest BCUT2D eigenvalue weighted by Crippen LogP contribution is -2.40. The second-order valence-electron chi connectivity index (χ2n) is 8.26. The van der Waals surface area contributed by atoms with E-state index in [1.54, 1.807) is 0 Å². The fraction of sp³-hybridized carbons (Fsp3) is 0.478. The van der Waals surface area contributed by atoms with Crippen LogP contribution in [-0.2, 0) is 5.41 Å². The maximum atomic E-state index is 6.26. The van der Waals surface area contributed by atoms with Crippen molar-refractivity contribution in [2.45, 2.75) is 50.4 Å². The van der Waals surface area contributed by atoms with Gasteiger partial charge in [-0.05, 0) is 74.2 Å². The molecule has 2 fully saturated rings. The molecular weight excluding hydrogens is 400 g/mol. The Labute approximate surface area is 184 Å². The number of thiocarbonyl (C=S) groups is 1. The minimum atomic E-state index is 0.104. The molecule has 2 N–H and O–H groups in total. The van der Waals surface area contributed by atoms with E-state index < -0.39 is 0 Å². The molecule has 2 heterocycles. The number of hydrogen-bond donors (Lipinski definition) is 2. The summed E-state index contributed by atoms with van der Waals surface area (Å²) >= 11 is 11.8. The minimum Gasteiger partial charge on any atom is -0.362 e. The fourth-order valence-electron chi connectivity index (χ4n) is 4.63. The number of halogens is 1. The number of aromatic nitrogens is 1.